The summed E-state index contributed by atoms with van der Waals surface area (Å²) in [6.07, 6.45) is 10.4. The van der Waals surface area contributed by atoms with Crippen LogP contribution in [0.2, 0.25) is 0 Å². The minimum Gasteiger partial charge on any atom is -0.125 e. The molecule has 0 spiro atoms. The van der Waals surface area contributed by atoms with E-state index in [9.17, 15) is 0 Å². The highest BCUT2D eigenvalue weighted by atomic mass is 32.2. The van der Waals surface area contributed by atoms with Crippen LogP contribution in [0.4, 0.5) is 0 Å². The van der Waals surface area contributed by atoms with Gasteiger partial charge in [0.25, 0.3) is 0 Å². The van der Waals surface area contributed by atoms with Gasteiger partial charge in [-0.15, -0.1) is 11.8 Å². The van der Waals surface area contributed by atoms with Gasteiger partial charge in [0.1, 0.15) is 0 Å². The molecule has 0 aromatic rings. The third kappa shape index (κ3) is 3.96. The molecule has 80 valence electrons. The zero-order chi connectivity index (χ0) is 11.3. The first kappa shape index (κ1) is 12.1. The zero-order valence-corrected chi connectivity index (χ0v) is 10.3. The topological polar surface area (TPSA) is 0 Å². The van der Waals surface area contributed by atoms with Crippen molar-refractivity contribution in [2.45, 2.75) is 13.8 Å². The Hall–Kier alpha value is -0.950. The Bertz CT molecular complexity index is 342. The Morgan fingerprint density at radius 2 is 2.33 bits per heavy atom. The SMILES string of the molecule is C=C/C(C)=C\C=C1\SCC(C)C=CC1=C. The zero-order valence-electron chi connectivity index (χ0n) is 9.49. The second kappa shape index (κ2) is 5.82. The molecular formula is C14H18S. The van der Waals surface area contributed by atoms with Crippen LogP contribution < -0.4 is 0 Å². The molecule has 0 fully saturated rings. The molecule has 0 aliphatic carbocycles. The van der Waals surface area contributed by atoms with Crippen LogP contribution in [-0.2, 0) is 0 Å². The van der Waals surface area contributed by atoms with E-state index in [1.807, 2.05) is 24.8 Å². The molecule has 1 aliphatic heterocycles. The standard InChI is InChI=1S/C14H18S/c1-5-11(2)7-9-14-13(4)8-6-12(3)10-15-14/h5-9,12H,1,4,10H2,2-3H3/b11-7-,14-9+. The summed E-state index contributed by atoms with van der Waals surface area (Å²) in [7, 11) is 0. The highest BCUT2D eigenvalue weighted by molar-refractivity contribution is 8.03. The summed E-state index contributed by atoms with van der Waals surface area (Å²) in [6, 6.07) is 0. The molecule has 0 aromatic heterocycles. The van der Waals surface area contributed by atoms with Crippen molar-refractivity contribution in [3.63, 3.8) is 0 Å². The summed E-state index contributed by atoms with van der Waals surface area (Å²) < 4.78 is 0. The molecule has 1 unspecified atom stereocenters. The summed E-state index contributed by atoms with van der Waals surface area (Å²) >= 11 is 1.87. The summed E-state index contributed by atoms with van der Waals surface area (Å²) in [5.41, 5.74) is 2.29. The lowest BCUT2D eigenvalue weighted by Gasteiger charge is -2.04. The van der Waals surface area contributed by atoms with Crippen LogP contribution in [0.5, 0.6) is 0 Å². The molecular weight excluding hydrogens is 200 g/mol. The van der Waals surface area contributed by atoms with E-state index < -0.39 is 0 Å². The number of allylic oxidation sites excluding steroid dienone is 7. The van der Waals surface area contributed by atoms with E-state index in [1.54, 1.807) is 0 Å². The molecule has 0 radical (unpaired) electrons. The molecule has 0 saturated carbocycles. The first-order valence-corrected chi connectivity index (χ1v) is 6.13. The third-order valence-electron chi connectivity index (χ3n) is 2.26. The molecule has 0 N–H and O–H groups in total. The molecule has 0 nitrogen and oxygen atoms in total. The Kier molecular flexibility index (Phi) is 4.70. The Labute approximate surface area is 97.2 Å². The fourth-order valence-corrected chi connectivity index (χ4v) is 2.13. The van der Waals surface area contributed by atoms with Gasteiger partial charge in [-0.05, 0) is 24.5 Å². The van der Waals surface area contributed by atoms with Gasteiger partial charge in [0.15, 0.2) is 0 Å². The number of rotatable bonds is 2. The van der Waals surface area contributed by atoms with E-state index >= 15 is 0 Å². The Balaban J connectivity index is 2.82. The van der Waals surface area contributed by atoms with Crippen LogP contribution in [0.25, 0.3) is 0 Å². The van der Waals surface area contributed by atoms with E-state index in [4.69, 9.17) is 0 Å². The Morgan fingerprint density at radius 1 is 1.60 bits per heavy atom. The van der Waals surface area contributed by atoms with Gasteiger partial charge in [0.2, 0.25) is 0 Å². The minimum absolute atomic E-state index is 0.627. The smallest absolute Gasteiger partial charge is 0.0139 e. The Morgan fingerprint density at radius 3 is 3.00 bits per heavy atom. The molecule has 0 aromatic carbocycles. The fraction of sp³-hybridized carbons (Fsp3) is 0.286. The van der Waals surface area contributed by atoms with Crippen molar-refractivity contribution in [2.75, 3.05) is 5.75 Å². The molecule has 1 atom stereocenters. The predicted molar refractivity (Wildman–Crippen MR) is 71.9 cm³/mol. The molecule has 1 aliphatic rings. The summed E-state index contributed by atoms with van der Waals surface area (Å²) in [5, 5.41) is 0. The second-order valence-electron chi connectivity index (χ2n) is 3.82. The molecule has 1 heteroatoms. The number of thioether (sulfide) groups is 1. The average molecular weight is 218 g/mol. The van der Waals surface area contributed by atoms with Gasteiger partial charge in [-0.25, -0.2) is 0 Å². The third-order valence-corrected chi connectivity index (χ3v) is 3.67. The maximum atomic E-state index is 4.06. The lowest BCUT2D eigenvalue weighted by Crippen LogP contribution is -1.90. The van der Waals surface area contributed by atoms with Crippen LogP contribution >= 0.6 is 11.8 Å². The normalized spacial score (nSPS) is 25.5. The van der Waals surface area contributed by atoms with E-state index in [-0.39, 0.29) is 0 Å². The van der Waals surface area contributed by atoms with E-state index in [2.05, 4.69) is 44.4 Å². The van der Waals surface area contributed by atoms with Gasteiger partial charge in [-0.3, -0.25) is 0 Å². The lowest BCUT2D eigenvalue weighted by molar-refractivity contribution is 0.850. The molecule has 0 bridgehead atoms. The second-order valence-corrected chi connectivity index (χ2v) is 4.88. The summed E-state index contributed by atoms with van der Waals surface area (Å²) in [4.78, 5) is 1.26. The predicted octanol–water partition coefficient (Wildman–Crippen LogP) is 4.50. The van der Waals surface area contributed by atoms with Crippen molar-refractivity contribution in [1.29, 1.82) is 0 Å². The van der Waals surface area contributed by atoms with E-state index in [1.165, 1.54) is 10.5 Å². The molecule has 1 rings (SSSR count). The van der Waals surface area contributed by atoms with Gasteiger partial charge < -0.3 is 0 Å². The highest BCUT2D eigenvalue weighted by Crippen LogP contribution is 2.30. The summed E-state index contributed by atoms with van der Waals surface area (Å²) in [5.74, 6) is 1.75. The first-order chi connectivity index (χ1) is 7.13. The number of hydrogen-bond acceptors (Lipinski definition) is 1. The van der Waals surface area contributed by atoms with Crippen LogP contribution in [0.3, 0.4) is 0 Å². The van der Waals surface area contributed by atoms with Gasteiger partial charge in [0, 0.05) is 10.7 Å². The molecule has 1 heterocycles. The van der Waals surface area contributed by atoms with Crippen molar-refractivity contribution < 1.29 is 0 Å². The first-order valence-electron chi connectivity index (χ1n) is 5.14. The minimum atomic E-state index is 0.627. The van der Waals surface area contributed by atoms with Crippen LogP contribution in [-0.4, -0.2) is 5.75 Å². The molecule has 15 heavy (non-hydrogen) atoms. The maximum Gasteiger partial charge on any atom is 0.0139 e. The van der Waals surface area contributed by atoms with Crippen LogP contribution in [0.15, 0.2) is 59.6 Å². The largest absolute Gasteiger partial charge is 0.125 e. The fourth-order valence-electron chi connectivity index (χ4n) is 1.16. The monoisotopic (exact) mass is 218 g/mol. The molecule has 0 saturated heterocycles. The lowest BCUT2D eigenvalue weighted by atomic mass is 10.1. The van der Waals surface area contributed by atoms with Crippen molar-refractivity contribution in [3.8, 4) is 0 Å². The number of hydrogen-bond donors (Lipinski definition) is 0. The maximum absolute atomic E-state index is 4.06. The van der Waals surface area contributed by atoms with Crippen molar-refractivity contribution in [3.05, 3.63) is 59.6 Å². The highest BCUT2D eigenvalue weighted by Gasteiger charge is 2.08. The van der Waals surface area contributed by atoms with Crippen molar-refractivity contribution in [2.24, 2.45) is 5.92 Å². The quantitative estimate of drug-likeness (QED) is 0.615. The van der Waals surface area contributed by atoms with Crippen LogP contribution in [0.1, 0.15) is 13.8 Å². The van der Waals surface area contributed by atoms with Crippen LogP contribution in [0, 0.1) is 5.92 Å². The van der Waals surface area contributed by atoms with Gasteiger partial charge >= 0.3 is 0 Å². The van der Waals surface area contributed by atoms with Gasteiger partial charge in [-0.2, -0.15) is 0 Å². The summed E-state index contributed by atoms with van der Waals surface area (Å²) in [6.45, 7) is 12.1. The van der Waals surface area contributed by atoms with Gasteiger partial charge in [0.05, 0.1) is 0 Å². The van der Waals surface area contributed by atoms with E-state index in [0.717, 1.165) is 11.3 Å². The van der Waals surface area contributed by atoms with Crippen molar-refractivity contribution >= 4 is 11.8 Å². The van der Waals surface area contributed by atoms with E-state index in [0.29, 0.717) is 5.92 Å². The molecule has 0 amide bonds. The van der Waals surface area contributed by atoms with Gasteiger partial charge in [-0.1, -0.05) is 50.0 Å². The average Bonchev–Trinajstić information content (AvgIpc) is 2.39. The van der Waals surface area contributed by atoms with Crippen molar-refractivity contribution in [1.82, 2.24) is 0 Å².